The number of hydrogen-bond donors (Lipinski definition) is 0. The van der Waals surface area contributed by atoms with Crippen LogP contribution in [0.1, 0.15) is 39.5 Å². The van der Waals surface area contributed by atoms with Gasteiger partial charge < -0.3 is 4.90 Å². The van der Waals surface area contributed by atoms with Crippen LogP contribution in [-0.2, 0) is 0 Å². The molecule has 0 aromatic heterocycles. The molecular formula is C17H29NS. The molecule has 0 radical (unpaired) electrons. The summed E-state index contributed by atoms with van der Waals surface area (Å²) in [7, 11) is 2.26. The van der Waals surface area contributed by atoms with Gasteiger partial charge in [0, 0.05) is 10.6 Å². The zero-order valence-electron chi connectivity index (χ0n) is 12.8. The van der Waals surface area contributed by atoms with E-state index in [1.807, 2.05) is 11.8 Å². The number of unbranched alkanes of at least 4 members (excludes halogenated alkanes) is 2. The maximum atomic E-state index is 2.49. The van der Waals surface area contributed by atoms with Crippen molar-refractivity contribution in [3.05, 3.63) is 30.3 Å². The first-order chi connectivity index (χ1) is 9.22. The van der Waals surface area contributed by atoms with Gasteiger partial charge in [0.25, 0.3) is 0 Å². The Labute approximate surface area is 123 Å². The third-order valence-electron chi connectivity index (χ3n) is 3.42. The van der Waals surface area contributed by atoms with Gasteiger partial charge in [-0.15, -0.1) is 11.8 Å². The third kappa shape index (κ3) is 8.33. The lowest BCUT2D eigenvalue weighted by molar-refractivity contribution is 0.304. The molecule has 1 aromatic carbocycles. The van der Waals surface area contributed by atoms with Crippen molar-refractivity contribution in [2.45, 2.75) is 44.4 Å². The molecule has 0 fully saturated rings. The Bertz CT molecular complexity index is 312. The van der Waals surface area contributed by atoms with E-state index in [-0.39, 0.29) is 0 Å². The van der Waals surface area contributed by atoms with Crippen LogP contribution >= 0.6 is 11.8 Å². The minimum Gasteiger partial charge on any atom is -0.306 e. The van der Waals surface area contributed by atoms with E-state index >= 15 is 0 Å². The third-order valence-corrected chi connectivity index (χ3v) is 4.77. The molecule has 19 heavy (non-hydrogen) atoms. The molecule has 0 saturated carbocycles. The fourth-order valence-electron chi connectivity index (χ4n) is 2.02. The highest BCUT2D eigenvalue weighted by molar-refractivity contribution is 7.99. The summed E-state index contributed by atoms with van der Waals surface area (Å²) in [6.07, 6.45) is 5.34. The van der Waals surface area contributed by atoms with Crippen molar-refractivity contribution < 1.29 is 0 Å². The predicted octanol–water partition coefficient (Wildman–Crippen LogP) is 4.93. The first kappa shape index (κ1) is 16.6. The molecule has 1 aromatic rings. The second-order valence-corrected chi connectivity index (χ2v) is 6.62. The second-order valence-electron chi connectivity index (χ2n) is 5.53. The van der Waals surface area contributed by atoms with E-state index in [2.05, 4.69) is 56.1 Å². The van der Waals surface area contributed by atoms with E-state index in [1.165, 1.54) is 49.4 Å². The van der Waals surface area contributed by atoms with Crippen molar-refractivity contribution in [2.75, 3.05) is 25.9 Å². The molecule has 0 aliphatic heterocycles. The topological polar surface area (TPSA) is 3.24 Å². The summed E-state index contributed by atoms with van der Waals surface area (Å²) in [5, 5.41) is 0. The lowest BCUT2D eigenvalue weighted by atomic mass is 10.1. The Morgan fingerprint density at radius 2 is 1.84 bits per heavy atom. The van der Waals surface area contributed by atoms with Crippen molar-refractivity contribution in [1.29, 1.82) is 0 Å². The van der Waals surface area contributed by atoms with Gasteiger partial charge in [0.05, 0.1) is 0 Å². The highest BCUT2D eigenvalue weighted by Crippen LogP contribution is 2.21. The van der Waals surface area contributed by atoms with Crippen LogP contribution in [-0.4, -0.2) is 30.8 Å². The van der Waals surface area contributed by atoms with Crippen molar-refractivity contribution in [2.24, 2.45) is 5.92 Å². The predicted molar refractivity (Wildman–Crippen MR) is 88.0 cm³/mol. The Morgan fingerprint density at radius 3 is 2.53 bits per heavy atom. The van der Waals surface area contributed by atoms with Gasteiger partial charge in [-0.3, -0.25) is 0 Å². The number of thioether (sulfide) groups is 1. The van der Waals surface area contributed by atoms with Gasteiger partial charge >= 0.3 is 0 Å². The van der Waals surface area contributed by atoms with Gasteiger partial charge in [-0.05, 0) is 51.0 Å². The molecule has 1 rings (SSSR count). The summed E-state index contributed by atoms with van der Waals surface area (Å²) in [6, 6.07) is 10.7. The van der Waals surface area contributed by atoms with Crippen LogP contribution < -0.4 is 0 Å². The summed E-state index contributed by atoms with van der Waals surface area (Å²) in [4.78, 5) is 3.88. The lowest BCUT2D eigenvalue weighted by Gasteiger charge is -2.19. The summed E-state index contributed by atoms with van der Waals surface area (Å²) < 4.78 is 0. The molecule has 0 aliphatic carbocycles. The largest absolute Gasteiger partial charge is 0.306 e. The van der Waals surface area contributed by atoms with E-state index < -0.39 is 0 Å². The summed E-state index contributed by atoms with van der Waals surface area (Å²) in [6.45, 7) is 7.13. The Morgan fingerprint density at radius 1 is 1.11 bits per heavy atom. The standard InChI is InChI=1S/C17H29NS/c1-4-5-9-13-18(3)14-12-16(2)15-19-17-10-7-6-8-11-17/h6-8,10-11,16H,4-5,9,12-15H2,1-3H3. The minimum atomic E-state index is 0.791. The molecule has 0 spiro atoms. The molecule has 1 nitrogen and oxygen atoms in total. The van der Waals surface area contributed by atoms with Gasteiger partial charge in [0.2, 0.25) is 0 Å². The SMILES string of the molecule is CCCCCN(C)CCC(C)CSc1ccccc1. The van der Waals surface area contributed by atoms with Crippen molar-refractivity contribution >= 4 is 11.8 Å². The monoisotopic (exact) mass is 279 g/mol. The second kappa shape index (κ2) is 10.3. The lowest BCUT2D eigenvalue weighted by Crippen LogP contribution is -2.22. The molecule has 0 heterocycles. The highest BCUT2D eigenvalue weighted by Gasteiger charge is 2.05. The van der Waals surface area contributed by atoms with E-state index in [0.717, 1.165) is 5.92 Å². The van der Waals surface area contributed by atoms with E-state index in [9.17, 15) is 0 Å². The molecule has 0 saturated heterocycles. The highest BCUT2D eigenvalue weighted by atomic mass is 32.2. The van der Waals surface area contributed by atoms with Crippen LogP contribution in [0, 0.1) is 5.92 Å². The summed E-state index contributed by atoms with van der Waals surface area (Å²) in [5.74, 6) is 2.02. The maximum absolute atomic E-state index is 2.49. The fraction of sp³-hybridized carbons (Fsp3) is 0.647. The summed E-state index contributed by atoms with van der Waals surface area (Å²) >= 11 is 1.98. The number of nitrogens with zero attached hydrogens (tertiary/aromatic N) is 1. The molecule has 1 unspecified atom stereocenters. The molecule has 0 aliphatic rings. The molecule has 1 atom stereocenters. The van der Waals surface area contributed by atoms with Crippen molar-refractivity contribution in [1.82, 2.24) is 4.90 Å². The van der Waals surface area contributed by atoms with Crippen LogP contribution in [0.25, 0.3) is 0 Å². The molecule has 0 N–H and O–H groups in total. The van der Waals surface area contributed by atoms with Gasteiger partial charge in [-0.1, -0.05) is 44.9 Å². The van der Waals surface area contributed by atoms with Gasteiger partial charge in [-0.25, -0.2) is 0 Å². The van der Waals surface area contributed by atoms with E-state index in [1.54, 1.807) is 0 Å². The first-order valence-corrected chi connectivity index (χ1v) is 8.57. The van der Waals surface area contributed by atoms with Crippen LogP contribution in [0.3, 0.4) is 0 Å². The first-order valence-electron chi connectivity index (χ1n) is 7.58. The number of rotatable bonds is 10. The maximum Gasteiger partial charge on any atom is 0.00720 e. The molecule has 0 bridgehead atoms. The van der Waals surface area contributed by atoms with Crippen LogP contribution in [0.2, 0.25) is 0 Å². The number of hydrogen-bond acceptors (Lipinski definition) is 2. The normalized spacial score (nSPS) is 12.8. The minimum absolute atomic E-state index is 0.791. The molecule has 2 heteroatoms. The zero-order chi connectivity index (χ0) is 13.9. The van der Waals surface area contributed by atoms with Crippen molar-refractivity contribution in [3.63, 3.8) is 0 Å². The Balaban J connectivity index is 2.09. The number of benzene rings is 1. The van der Waals surface area contributed by atoms with E-state index in [0.29, 0.717) is 0 Å². The smallest absolute Gasteiger partial charge is 0.00720 e. The zero-order valence-corrected chi connectivity index (χ0v) is 13.6. The molecule has 108 valence electrons. The molecular weight excluding hydrogens is 250 g/mol. The Kier molecular flexibility index (Phi) is 9.02. The van der Waals surface area contributed by atoms with Crippen LogP contribution in [0.15, 0.2) is 35.2 Å². The molecule has 0 amide bonds. The quantitative estimate of drug-likeness (QED) is 0.441. The Hall–Kier alpha value is -0.470. The van der Waals surface area contributed by atoms with E-state index in [4.69, 9.17) is 0 Å². The van der Waals surface area contributed by atoms with Crippen LogP contribution in [0.5, 0.6) is 0 Å². The van der Waals surface area contributed by atoms with Gasteiger partial charge in [0.1, 0.15) is 0 Å². The average Bonchev–Trinajstić information content (AvgIpc) is 2.44. The fourth-order valence-corrected chi connectivity index (χ4v) is 3.02. The summed E-state index contributed by atoms with van der Waals surface area (Å²) in [5.41, 5.74) is 0. The average molecular weight is 279 g/mol. The van der Waals surface area contributed by atoms with Crippen molar-refractivity contribution in [3.8, 4) is 0 Å². The van der Waals surface area contributed by atoms with Gasteiger partial charge in [-0.2, -0.15) is 0 Å². The van der Waals surface area contributed by atoms with Gasteiger partial charge in [0.15, 0.2) is 0 Å². The van der Waals surface area contributed by atoms with Crippen LogP contribution in [0.4, 0.5) is 0 Å².